The van der Waals surface area contributed by atoms with Gasteiger partial charge >= 0.3 is 18.5 Å². The molecule has 24 heavy (non-hydrogen) atoms. The van der Waals surface area contributed by atoms with Gasteiger partial charge in [-0.2, -0.15) is 39.5 Å². The van der Waals surface area contributed by atoms with Crippen LogP contribution in [0.25, 0.3) is 0 Å². The molecule has 0 spiro atoms. The fraction of sp³-hybridized carbons (Fsp3) is 0.538. The van der Waals surface area contributed by atoms with Gasteiger partial charge in [-0.15, -0.1) is 0 Å². The number of benzene rings is 1. The molecule has 0 aliphatic carbocycles. The van der Waals surface area contributed by atoms with Crippen LogP contribution in [-0.2, 0) is 12.4 Å². The lowest BCUT2D eigenvalue weighted by Crippen LogP contribution is -2.37. The van der Waals surface area contributed by atoms with Gasteiger partial charge in [0.1, 0.15) is 0 Å². The smallest absolute Gasteiger partial charge is 0.388 e. The van der Waals surface area contributed by atoms with E-state index in [1.807, 2.05) is 0 Å². The molecule has 3 unspecified atom stereocenters. The van der Waals surface area contributed by atoms with Crippen molar-refractivity contribution in [2.75, 3.05) is 0 Å². The van der Waals surface area contributed by atoms with E-state index in [-0.39, 0.29) is 18.2 Å². The highest BCUT2D eigenvalue weighted by Crippen LogP contribution is 2.40. The third-order valence-corrected chi connectivity index (χ3v) is 3.28. The Morgan fingerprint density at radius 3 is 1.42 bits per heavy atom. The minimum absolute atomic E-state index is 0.111. The third kappa shape index (κ3) is 4.76. The fourth-order valence-corrected chi connectivity index (χ4v) is 1.92. The summed E-state index contributed by atoms with van der Waals surface area (Å²) in [6, 6.07) is 0.0000748. The molecule has 0 saturated carbocycles. The lowest BCUT2D eigenvalue weighted by molar-refractivity contribution is -0.227. The number of halogens is 9. The first kappa shape index (κ1) is 20.6. The lowest BCUT2D eigenvalue weighted by Gasteiger charge is -2.27. The molecule has 2 N–H and O–H groups in total. The zero-order valence-electron chi connectivity index (χ0n) is 11.8. The highest BCUT2D eigenvalue weighted by molar-refractivity contribution is 5.35. The second-order valence-corrected chi connectivity index (χ2v) is 5.13. The summed E-state index contributed by atoms with van der Waals surface area (Å²) >= 11 is 0. The zero-order valence-corrected chi connectivity index (χ0v) is 11.8. The van der Waals surface area contributed by atoms with Crippen LogP contribution in [0.15, 0.2) is 18.2 Å². The van der Waals surface area contributed by atoms with E-state index in [9.17, 15) is 44.6 Å². The fourth-order valence-electron chi connectivity index (χ4n) is 1.92. The maximum atomic E-state index is 12.7. The summed E-state index contributed by atoms with van der Waals surface area (Å²) in [5.74, 6) is -2.09. The Morgan fingerprint density at radius 2 is 1.12 bits per heavy atom. The highest BCUT2D eigenvalue weighted by atomic mass is 19.4. The maximum absolute atomic E-state index is 12.7. The van der Waals surface area contributed by atoms with Crippen LogP contribution in [0.4, 0.5) is 39.5 Å². The summed E-state index contributed by atoms with van der Waals surface area (Å²) in [6.45, 7) is 0.649. The summed E-state index contributed by atoms with van der Waals surface area (Å²) in [5, 5.41) is 18.7. The van der Waals surface area contributed by atoms with E-state index in [1.165, 1.54) is 0 Å². The van der Waals surface area contributed by atoms with Crippen molar-refractivity contribution in [2.45, 2.75) is 37.7 Å². The molecule has 0 aliphatic rings. The van der Waals surface area contributed by atoms with Gasteiger partial charge in [0, 0.05) is 5.92 Å². The largest absolute Gasteiger partial charge is 0.416 e. The van der Waals surface area contributed by atoms with Crippen molar-refractivity contribution >= 4 is 0 Å². The van der Waals surface area contributed by atoms with E-state index in [4.69, 9.17) is 5.11 Å². The van der Waals surface area contributed by atoms with Gasteiger partial charge in [-0.25, -0.2) is 0 Å². The summed E-state index contributed by atoms with van der Waals surface area (Å²) in [6.07, 6.45) is -21.1. The zero-order chi connectivity index (χ0) is 19.1. The van der Waals surface area contributed by atoms with E-state index < -0.39 is 53.3 Å². The molecule has 0 radical (unpaired) electrons. The molecule has 1 rings (SSSR count). The van der Waals surface area contributed by atoms with Gasteiger partial charge < -0.3 is 10.2 Å². The average molecular weight is 370 g/mol. The van der Waals surface area contributed by atoms with Gasteiger partial charge in [0.2, 0.25) is 0 Å². The monoisotopic (exact) mass is 370 g/mol. The van der Waals surface area contributed by atoms with Gasteiger partial charge in [-0.3, -0.25) is 0 Å². The Hall–Kier alpha value is -1.49. The Balaban J connectivity index is 3.37. The van der Waals surface area contributed by atoms with Gasteiger partial charge in [-0.1, -0.05) is 6.92 Å². The Kier molecular flexibility index (Phi) is 5.51. The van der Waals surface area contributed by atoms with E-state index >= 15 is 0 Å². The van der Waals surface area contributed by atoms with Gasteiger partial charge in [-0.05, 0) is 23.8 Å². The predicted octanol–water partition coefficient (Wildman–Crippen LogP) is 4.32. The first-order chi connectivity index (χ1) is 10.5. The number of rotatable bonds is 3. The van der Waals surface area contributed by atoms with Gasteiger partial charge in [0.15, 0.2) is 6.10 Å². The minimum atomic E-state index is -5.21. The van der Waals surface area contributed by atoms with Crippen molar-refractivity contribution in [1.29, 1.82) is 0 Å². The number of aliphatic hydroxyl groups excluding tert-OH is 2. The minimum Gasteiger partial charge on any atom is -0.388 e. The first-order valence-corrected chi connectivity index (χ1v) is 6.27. The Labute approximate surface area is 129 Å². The van der Waals surface area contributed by atoms with Crippen molar-refractivity contribution in [3.8, 4) is 0 Å². The van der Waals surface area contributed by atoms with Crippen molar-refractivity contribution in [2.24, 2.45) is 5.92 Å². The molecule has 11 heteroatoms. The molecule has 1 aromatic carbocycles. The first-order valence-electron chi connectivity index (χ1n) is 6.27. The van der Waals surface area contributed by atoms with Crippen LogP contribution in [0.2, 0.25) is 0 Å². The Morgan fingerprint density at radius 1 is 0.750 bits per heavy atom. The van der Waals surface area contributed by atoms with Crippen LogP contribution in [0.1, 0.15) is 29.7 Å². The Bertz CT molecular complexity index is 542. The molecule has 0 fully saturated rings. The van der Waals surface area contributed by atoms with Crippen molar-refractivity contribution in [1.82, 2.24) is 0 Å². The highest BCUT2D eigenvalue weighted by Gasteiger charge is 2.45. The second-order valence-electron chi connectivity index (χ2n) is 5.13. The molecule has 0 saturated heterocycles. The van der Waals surface area contributed by atoms with Crippen molar-refractivity contribution in [3.05, 3.63) is 34.9 Å². The molecule has 0 aromatic heterocycles. The molecule has 0 bridgehead atoms. The summed E-state index contributed by atoms with van der Waals surface area (Å²) < 4.78 is 113. The number of hydrogen-bond donors (Lipinski definition) is 2. The molecule has 1 aromatic rings. The average Bonchev–Trinajstić information content (AvgIpc) is 2.41. The molecular weight excluding hydrogens is 359 g/mol. The number of hydrogen-bond acceptors (Lipinski definition) is 2. The van der Waals surface area contributed by atoms with Crippen LogP contribution in [0, 0.1) is 5.92 Å². The van der Waals surface area contributed by atoms with E-state index in [2.05, 4.69) is 0 Å². The molecule has 2 nitrogen and oxygen atoms in total. The van der Waals surface area contributed by atoms with Crippen molar-refractivity contribution < 1.29 is 49.7 Å². The third-order valence-electron chi connectivity index (χ3n) is 3.28. The quantitative estimate of drug-likeness (QED) is 0.779. The number of aliphatic hydroxyl groups is 2. The second kappa shape index (κ2) is 6.43. The topological polar surface area (TPSA) is 40.5 Å². The predicted molar refractivity (Wildman–Crippen MR) is 62.6 cm³/mol. The van der Waals surface area contributed by atoms with E-state index in [1.54, 1.807) is 0 Å². The van der Waals surface area contributed by atoms with E-state index in [0.29, 0.717) is 6.92 Å². The molecule has 0 heterocycles. The number of alkyl halides is 9. The molecule has 0 aliphatic heterocycles. The van der Waals surface area contributed by atoms with Crippen LogP contribution >= 0.6 is 0 Å². The van der Waals surface area contributed by atoms with Crippen LogP contribution in [0.5, 0.6) is 0 Å². The van der Waals surface area contributed by atoms with E-state index in [0.717, 1.165) is 0 Å². The molecule has 138 valence electrons. The molecular formula is C13H11F9O2. The van der Waals surface area contributed by atoms with Crippen molar-refractivity contribution in [3.63, 3.8) is 0 Å². The maximum Gasteiger partial charge on any atom is 0.416 e. The van der Waals surface area contributed by atoms with Crippen LogP contribution < -0.4 is 0 Å². The SMILES string of the molecule is CC(C(O)c1cc(C(F)(F)F)cc(C(F)(F)F)c1)C(O)C(F)(F)F. The molecule has 3 atom stereocenters. The normalized spacial score (nSPS) is 17.5. The summed E-state index contributed by atoms with van der Waals surface area (Å²) in [5.41, 5.74) is -4.59. The summed E-state index contributed by atoms with van der Waals surface area (Å²) in [4.78, 5) is 0. The standard InChI is InChI=1S/C13H11F9O2/c1-5(10(24)13(20,21)22)9(23)6-2-7(11(14,15)16)4-8(3-6)12(17,18)19/h2-5,9-10,23-24H,1H3. The lowest BCUT2D eigenvalue weighted by atomic mass is 9.90. The van der Waals surface area contributed by atoms with Crippen LogP contribution in [0.3, 0.4) is 0 Å². The van der Waals surface area contributed by atoms with Gasteiger partial charge in [0.05, 0.1) is 17.2 Å². The summed E-state index contributed by atoms with van der Waals surface area (Å²) in [7, 11) is 0. The van der Waals surface area contributed by atoms with Crippen LogP contribution in [-0.4, -0.2) is 22.5 Å². The van der Waals surface area contributed by atoms with Gasteiger partial charge in [0.25, 0.3) is 0 Å². The molecule has 0 amide bonds.